The number of rotatable bonds is 4. The Labute approximate surface area is 167 Å². The number of H-pyrrole nitrogens is 1. The Morgan fingerprint density at radius 2 is 1.97 bits per heavy atom. The number of aromatic nitrogens is 3. The molecule has 8 heteroatoms. The molecule has 0 bridgehead atoms. The molecule has 0 saturated heterocycles. The minimum absolute atomic E-state index is 0.0380. The number of carbonyl (C=O) groups is 2. The first-order chi connectivity index (χ1) is 14.0. The zero-order valence-electron chi connectivity index (χ0n) is 16.2. The number of amides is 2. The number of aromatic amines is 1. The number of nitrogens with one attached hydrogen (secondary N) is 2. The van der Waals surface area contributed by atoms with Crippen molar-refractivity contribution < 1.29 is 14.3 Å². The highest BCUT2D eigenvalue weighted by atomic mass is 16.5. The number of carbonyl (C=O) groups excluding carboxylic acids is 2. The van der Waals surface area contributed by atoms with E-state index in [1.165, 1.54) is 10.5 Å². The monoisotopic (exact) mass is 391 g/mol. The van der Waals surface area contributed by atoms with Crippen LogP contribution in [0, 0.1) is 6.92 Å². The number of anilines is 1. The largest absolute Gasteiger partial charge is 0.489 e. The van der Waals surface area contributed by atoms with E-state index in [9.17, 15) is 9.59 Å². The molecule has 1 atom stereocenters. The molecule has 1 aliphatic heterocycles. The number of hydrogen-bond donors (Lipinski definition) is 2. The van der Waals surface area contributed by atoms with Crippen LogP contribution < -0.4 is 15.0 Å². The Kier molecular flexibility index (Phi) is 4.99. The SMILES string of the molecule is Cc1ccc(Cc2nnc(C(=O)N[C@H]3COc4ccccc4N(C)C3=O)[nH]2)cc1. The van der Waals surface area contributed by atoms with Crippen molar-refractivity contribution in [2.45, 2.75) is 19.4 Å². The molecule has 1 aliphatic rings. The van der Waals surface area contributed by atoms with E-state index in [0.717, 1.165) is 5.56 Å². The van der Waals surface area contributed by atoms with E-state index in [0.29, 0.717) is 23.7 Å². The van der Waals surface area contributed by atoms with Gasteiger partial charge < -0.3 is 19.9 Å². The summed E-state index contributed by atoms with van der Waals surface area (Å²) < 4.78 is 5.71. The second-order valence-electron chi connectivity index (χ2n) is 6.98. The fraction of sp³-hybridized carbons (Fsp3) is 0.238. The fourth-order valence-corrected chi connectivity index (χ4v) is 3.16. The van der Waals surface area contributed by atoms with Gasteiger partial charge in [-0.25, -0.2) is 0 Å². The molecule has 0 aliphatic carbocycles. The van der Waals surface area contributed by atoms with Crippen molar-refractivity contribution in [1.82, 2.24) is 20.5 Å². The van der Waals surface area contributed by atoms with Gasteiger partial charge in [0.15, 0.2) is 0 Å². The summed E-state index contributed by atoms with van der Waals surface area (Å²) in [5.41, 5.74) is 2.90. The average Bonchev–Trinajstić information content (AvgIpc) is 3.16. The second kappa shape index (κ2) is 7.75. The molecule has 0 saturated carbocycles. The van der Waals surface area contributed by atoms with Crippen molar-refractivity contribution >= 4 is 17.5 Å². The zero-order chi connectivity index (χ0) is 20.4. The number of para-hydroxylation sites is 2. The van der Waals surface area contributed by atoms with E-state index >= 15 is 0 Å². The van der Waals surface area contributed by atoms with Crippen LogP contribution in [-0.2, 0) is 11.2 Å². The van der Waals surface area contributed by atoms with Gasteiger partial charge >= 0.3 is 0 Å². The number of fused-ring (bicyclic) bond motifs is 1. The van der Waals surface area contributed by atoms with Gasteiger partial charge in [0, 0.05) is 13.5 Å². The van der Waals surface area contributed by atoms with Crippen molar-refractivity contribution in [1.29, 1.82) is 0 Å². The van der Waals surface area contributed by atoms with Crippen LogP contribution in [0.3, 0.4) is 0 Å². The summed E-state index contributed by atoms with van der Waals surface area (Å²) in [5, 5.41) is 10.6. The summed E-state index contributed by atoms with van der Waals surface area (Å²) in [7, 11) is 1.66. The topological polar surface area (TPSA) is 100 Å². The third kappa shape index (κ3) is 3.96. The quantitative estimate of drug-likeness (QED) is 0.707. The molecule has 0 radical (unpaired) electrons. The first kappa shape index (κ1) is 18.7. The molecular formula is C21H21N5O3. The van der Waals surface area contributed by atoms with Crippen LogP contribution in [-0.4, -0.2) is 46.7 Å². The van der Waals surface area contributed by atoms with Gasteiger partial charge in [0.05, 0.1) is 5.69 Å². The smallest absolute Gasteiger partial charge is 0.289 e. The van der Waals surface area contributed by atoms with Crippen LogP contribution in [0.15, 0.2) is 48.5 Å². The Morgan fingerprint density at radius 3 is 2.76 bits per heavy atom. The molecule has 3 aromatic rings. The van der Waals surface area contributed by atoms with E-state index in [1.54, 1.807) is 19.2 Å². The molecule has 2 heterocycles. The molecule has 4 rings (SSSR count). The van der Waals surface area contributed by atoms with Gasteiger partial charge in [0.25, 0.3) is 11.8 Å². The van der Waals surface area contributed by atoms with Gasteiger partial charge in [-0.1, -0.05) is 42.0 Å². The molecule has 0 unspecified atom stereocenters. The maximum Gasteiger partial charge on any atom is 0.289 e. The maximum absolute atomic E-state index is 12.7. The van der Waals surface area contributed by atoms with Gasteiger partial charge in [-0.05, 0) is 24.6 Å². The van der Waals surface area contributed by atoms with Crippen LogP contribution >= 0.6 is 0 Å². The first-order valence-electron chi connectivity index (χ1n) is 9.28. The first-order valence-corrected chi connectivity index (χ1v) is 9.28. The van der Waals surface area contributed by atoms with E-state index in [4.69, 9.17) is 4.74 Å². The Morgan fingerprint density at radius 1 is 1.21 bits per heavy atom. The summed E-state index contributed by atoms with van der Waals surface area (Å²) in [6.45, 7) is 2.06. The molecule has 29 heavy (non-hydrogen) atoms. The predicted octanol–water partition coefficient (Wildman–Crippen LogP) is 1.86. The number of benzene rings is 2. The lowest BCUT2D eigenvalue weighted by molar-refractivity contribution is -0.120. The number of ether oxygens (including phenoxy) is 1. The van der Waals surface area contributed by atoms with Gasteiger partial charge in [-0.3, -0.25) is 9.59 Å². The molecule has 2 amide bonds. The van der Waals surface area contributed by atoms with Crippen molar-refractivity contribution in [3.8, 4) is 5.75 Å². The average molecular weight is 391 g/mol. The molecule has 0 fully saturated rings. The highest BCUT2D eigenvalue weighted by Gasteiger charge is 2.31. The number of nitrogens with zero attached hydrogens (tertiary/aromatic N) is 3. The van der Waals surface area contributed by atoms with Gasteiger partial charge in [-0.2, -0.15) is 0 Å². The van der Waals surface area contributed by atoms with E-state index < -0.39 is 11.9 Å². The molecule has 2 aromatic carbocycles. The van der Waals surface area contributed by atoms with Gasteiger partial charge in [-0.15, -0.1) is 10.2 Å². The summed E-state index contributed by atoms with van der Waals surface area (Å²) in [6.07, 6.45) is 0.532. The van der Waals surface area contributed by atoms with Gasteiger partial charge in [0.1, 0.15) is 24.2 Å². The Bertz CT molecular complexity index is 1040. The summed E-state index contributed by atoms with van der Waals surface area (Å²) in [5.74, 6) is 0.466. The van der Waals surface area contributed by atoms with E-state index in [-0.39, 0.29) is 18.3 Å². The molecule has 1 aromatic heterocycles. The third-order valence-electron chi connectivity index (χ3n) is 4.81. The third-order valence-corrected chi connectivity index (χ3v) is 4.81. The Hall–Kier alpha value is -3.68. The van der Waals surface area contributed by atoms with Crippen LogP contribution in [0.4, 0.5) is 5.69 Å². The van der Waals surface area contributed by atoms with Crippen molar-refractivity contribution in [2.75, 3.05) is 18.6 Å². The maximum atomic E-state index is 12.7. The van der Waals surface area contributed by atoms with Crippen molar-refractivity contribution in [2.24, 2.45) is 0 Å². The standard InChI is InChI=1S/C21H21N5O3/c1-13-7-9-14(10-8-13)11-18-23-19(25-24-18)20(27)22-15-12-29-17-6-4-3-5-16(17)26(2)21(15)28/h3-10,15H,11-12H2,1-2H3,(H,22,27)(H,23,24,25)/t15-/m0/s1. The number of aryl methyl sites for hydroxylation is 1. The molecule has 2 N–H and O–H groups in total. The lowest BCUT2D eigenvalue weighted by Gasteiger charge is -2.19. The molecular weight excluding hydrogens is 370 g/mol. The van der Waals surface area contributed by atoms with Crippen LogP contribution in [0.2, 0.25) is 0 Å². The highest BCUT2D eigenvalue weighted by Crippen LogP contribution is 2.29. The Balaban J connectivity index is 1.44. The minimum atomic E-state index is -0.828. The normalized spacial score (nSPS) is 16.0. The summed E-state index contributed by atoms with van der Waals surface area (Å²) in [4.78, 5) is 29.7. The molecule has 148 valence electrons. The van der Waals surface area contributed by atoms with Crippen LogP contribution in [0.25, 0.3) is 0 Å². The van der Waals surface area contributed by atoms with Gasteiger partial charge in [0.2, 0.25) is 5.82 Å². The number of likely N-dealkylation sites (N-methyl/N-ethyl adjacent to an activating group) is 1. The summed E-state index contributed by atoms with van der Waals surface area (Å²) >= 11 is 0. The second-order valence-corrected chi connectivity index (χ2v) is 6.98. The van der Waals surface area contributed by atoms with Crippen LogP contribution in [0.1, 0.15) is 27.6 Å². The minimum Gasteiger partial charge on any atom is -0.489 e. The van der Waals surface area contributed by atoms with E-state index in [2.05, 4.69) is 20.5 Å². The van der Waals surface area contributed by atoms with E-state index in [1.807, 2.05) is 43.3 Å². The van der Waals surface area contributed by atoms with Crippen molar-refractivity contribution in [3.05, 3.63) is 71.3 Å². The fourth-order valence-electron chi connectivity index (χ4n) is 3.16. The molecule has 8 nitrogen and oxygen atoms in total. The van der Waals surface area contributed by atoms with Crippen LogP contribution in [0.5, 0.6) is 5.75 Å². The summed E-state index contributed by atoms with van der Waals surface area (Å²) in [6, 6.07) is 14.5. The predicted molar refractivity (Wildman–Crippen MR) is 107 cm³/mol. The zero-order valence-corrected chi connectivity index (χ0v) is 16.2. The number of hydrogen-bond acceptors (Lipinski definition) is 5. The lowest BCUT2D eigenvalue weighted by Crippen LogP contribution is -2.49. The highest BCUT2D eigenvalue weighted by molar-refractivity contribution is 6.02. The molecule has 0 spiro atoms. The lowest BCUT2D eigenvalue weighted by atomic mass is 10.1. The van der Waals surface area contributed by atoms with Crippen molar-refractivity contribution in [3.63, 3.8) is 0 Å².